The van der Waals surface area contributed by atoms with E-state index in [4.69, 9.17) is 51.1 Å². The molecule has 0 saturated carbocycles. The van der Waals surface area contributed by atoms with Crippen molar-refractivity contribution in [2.24, 2.45) is 0 Å². The Kier molecular flexibility index (Phi) is 43.9. The zero-order valence-electron chi connectivity index (χ0n) is 49.0. The van der Waals surface area contributed by atoms with Gasteiger partial charge in [-0.15, -0.1) is 12.6 Å². The lowest BCUT2D eigenvalue weighted by molar-refractivity contribution is 0.303. The second-order valence-corrected chi connectivity index (χ2v) is 33.2. The topological polar surface area (TPSA) is 448 Å². The van der Waals surface area contributed by atoms with E-state index in [0.717, 1.165) is 51.0 Å². The van der Waals surface area contributed by atoms with Gasteiger partial charge in [0.1, 0.15) is 0 Å². The van der Waals surface area contributed by atoms with Gasteiger partial charge in [-0.3, -0.25) is 31.9 Å². The minimum absolute atomic E-state index is 0. The molecule has 0 aliphatic rings. The fourth-order valence-corrected chi connectivity index (χ4v) is 11.6. The van der Waals surface area contributed by atoms with Gasteiger partial charge in [0.15, 0.2) is 4.90 Å². The van der Waals surface area contributed by atoms with Crippen LogP contribution in [0.5, 0.6) is 0 Å². The summed E-state index contributed by atoms with van der Waals surface area (Å²) >= 11 is 0. The van der Waals surface area contributed by atoms with E-state index in [-0.39, 0.29) is 32.1 Å². The highest BCUT2D eigenvalue weighted by atomic mass is 32.2. The van der Waals surface area contributed by atoms with Crippen LogP contribution in [0.15, 0.2) is 109 Å². The molecule has 32 heteroatoms. The lowest BCUT2D eigenvalue weighted by atomic mass is 9.91. The van der Waals surface area contributed by atoms with Crippen LogP contribution in [0.25, 0.3) is 0 Å². The van der Waals surface area contributed by atoms with Crippen LogP contribution in [-0.4, -0.2) is 111 Å². The molecule has 4 rings (SSSR count). The van der Waals surface area contributed by atoms with Crippen molar-refractivity contribution in [2.45, 2.75) is 174 Å². The van der Waals surface area contributed by atoms with Gasteiger partial charge in [-0.2, -0.15) is 16.8 Å². The summed E-state index contributed by atoms with van der Waals surface area (Å²) in [4.78, 5) is 88.3. The van der Waals surface area contributed by atoms with Crippen molar-refractivity contribution in [1.82, 2.24) is 0 Å². The van der Waals surface area contributed by atoms with Crippen LogP contribution in [0.4, 0.5) is 0 Å². The highest BCUT2D eigenvalue weighted by Gasteiger charge is 2.55. The van der Waals surface area contributed by atoms with E-state index in [1.165, 1.54) is 16.7 Å². The summed E-state index contributed by atoms with van der Waals surface area (Å²) < 4.78 is 133. The largest absolute Gasteiger partial charge is 0.425 e. The van der Waals surface area contributed by atoms with E-state index in [1.807, 2.05) is 79.7 Å². The predicted molar refractivity (Wildman–Crippen MR) is 334 cm³/mol. The van der Waals surface area contributed by atoms with Crippen LogP contribution < -0.4 is 0 Å². The van der Waals surface area contributed by atoms with Crippen LogP contribution in [0, 0.1) is 0 Å². The molecule has 12 N–H and O–H groups in total. The van der Waals surface area contributed by atoms with E-state index >= 15 is 0 Å². The van der Waals surface area contributed by atoms with Gasteiger partial charge in [0.25, 0.3) is 20.2 Å². The molecular formula is C53H93O24P5S3. The average Bonchev–Trinajstić information content (AvgIpc) is 3.25. The molecule has 0 saturated heterocycles. The summed E-state index contributed by atoms with van der Waals surface area (Å²) in [6.07, 6.45) is 8.32. The maximum atomic E-state index is 11.5. The molecule has 0 amide bonds. The maximum absolute atomic E-state index is 11.5. The number of benzene rings is 4. The first kappa shape index (κ1) is 88.5. The van der Waals surface area contributed by atoms with E-state index in [1.54, 1.807) is 31.2 Å². The zero-order chi connectivity index (χ0) is 66.1. The van der Waals surface area contributed by atoms with Crippen molar-refractivity contribution in [3.05, 3.63) is 143 Å². The van der Waals surface area contributed by atoms with Gasteiger partial charge in [-0.1, -0.05) is 178 Å². The van der Waals surface area contributed by atoms with E-state index in [9.17, 15) is 59.2 Å². The molecule has 0 aliphatic carbocycles. The van der Waals surface area contributed by atoms with Gasteiger partial charge in [0, 0.05) is 0 Å². The summed E-state index contributed by atoms with van der Waals surface area (Å²) in [6, 6.07) is 35.0. The van der Waals surface area contributed by atoms with Gasteiger partial charge in [0.05, 0.1) is 30.5 Å². The third-order valence-electron chi connectivity index (χ3n) is 12.8. The Hall–Kier alpha value is -2.93. The quantitative estimate of drug-likeness (QED) is 0.0242. The number of hydrogen-bond donors (Lipinski definition) is 12. The Morgan fingerprint density at radius 1 is 0.459 bits per heavy atom. The minimum Gasteiger partial charge on any atom is -0.324 e. The highest BCUT2D eigenvalue weighted by Crippen LogP contribution is 2.70. The van der Waals surface area contributed by atoms with Crippen molar-refractivity contribution in [1.29, 1.82) is 0 Å². The Morgan fingerprint density at radius 2 is 0.729 bits per heavy atom. The second kappa shape index (κ2) is 42.1. The van der Waals surface area contributed by atoms with Crippen LogP contribution in [0.3, 0.4) is 0 Å². The van der Waals surface area contributed by atoms with Gasteiger partial charge < -0.3 is 48.9 Å². The fraction of sp³-hybridized carbons (Fsp3) is 0.547. The van der Waals surface area contributed by atoms with Gasteiger partial charge >= 0.3 is 48.6 Å². The first-order chi connectivity index (χ1) is 38.0. The van der Waals surface area contributed by atoms with Gasteiger partial charge in [-0.25, -0.2) is 0 Å². The molecule has 0 radical (unpaired) electrons. The molecule has 0 aromatic heterocycles. The summed E-state index contributed by atoms with van der Waals surface area (Å²) in [5.41, 5.74) is 5.73. The normalized spacial score (nSPS) is 13.6. The summed E-state index contributed by atoms with van der Waals surface area (Å²) in [7, 11) is -32.0. The molecule has 5 atom stereocenters. The molecule has 492 valence electrons. The molecule has 0 aliphatic heterocycles. The smallest absolute Gasteiger partial charge is 0.324 e. The Morgan fingerprint density at radius 3 is 0.953 bits per heavy atom. The van der Waals surface area contributed by atoms with Crippen molar-refractivity contribution >= 4 is 68.8 Å². The van der Waals surface area contributed by atoms with Crippen molar-refractivity contribution in [3.63, 3.8) is 0 Å². The van der Waals surface area contributed by atoms with E-state index in [0.29, 0.717) is 60.7 Å². The summed E-state index contributed by atoms with van der Waals surface area (Å²) in [5, 5.41) is 0. The molecule has 24 nitrogen and oxygen atoms in total. The van der Waals surface area contributed by atoms with Crippen molar-refractivity contribution in [2.75, 3.05) is 12.5 Å². The average molecular weight is 1370 g/mol. The third kappa shape index (κ3) is 46.8. The number of hydrogen-bond acceptors (Lipinski definition) is 12. The van der Waals surface area contributed by atoms with E-state index in [2.05, 4.69) is 46.8 Å². The minimum atomic E-state index is -4.91. The Labute approximate surface area is 505 Å². The van der Waals surface area contributed by atoms with Crippen LogP contribution in [0.1, 0.15) is 184 Å². The van der Waals surface area contributed by atoms with Crippen molar-refractivity contribution < 1.29 is 110 Å². The standard InChI is InChI=1S/C14H24O6P2.C14H23O3P.2C11H17O3P.2CH4O3S.CH4.O3S/c1-3-12(13-8-5-4-6-9-13)10-7-11-14(2,21(15,16)17)22(18,19)20;1-3-13(14-9-5-4-6-10-14)11-7-8-12(2)18(15,16)17;2*1-3-9(2)11-6-4-10(5-7-11)8-15(12,13)14;2*1-5(2,3)4;;1-4(2)3/h4-6,8-9,12H,3,7,10-11H2,1-2H3,(H2,15,16,17)(H2,18,19,20);4-6,9-10,12-13H,3,7-8,11H2,1-2H3,(H2,15,16,17);2*4-7,9H,3,8H2,1-2H3,(H2,12,13,14);2*1H3,(H,2,3,4);1H4;. The Bertz CT molecular complexity index is 2910. The lowest BCUT2D eigenvalue weighted by Gasteiger charge is -2.31. The third-order valence-corrected chi connectivity index (χ3v) is 20.3. The fourth-order valence-electron chi connectivity index (χ4n) is 7.49. The van der Waals surface area contributed by atoms with Gasteiger partial charge in [-0.05, 0) is 115 Å². The van der Waals surface area contributed by atoms with Gasteiger partial charge in [0.2, 0.25) is 0 Å². The second-order valence-electron chi connectivity index (χ2n) is 20.0. The first-order valence-corrected chi connectivity index (χ1v) is 39.4. The Balaban J connectivity index is -0.000000479. The monoisotopic (exact) mass is 1360 g/mol. The molecule has 4 aromatic rings. The molecule has 0 bridgehead atoms. The molecule has 5 unspecified atom stereocenters. The molecule has 0 spiro atoms. The summed E-state index contributed by atoms with van der Waals surface area (Å²) in [5.74, 6) is 1.69. The zero-order valence-corrected chi connectivity index (χ0v) is 55.9. The van der Waals surface area contributed by atoms with Crippen LogP contribution >= 0.6 is 38.0 Å². The number of rotatable bonds is 23. The highest BCUT2D eigenvalue weighted by molar-refractivity contribution is 7.85. The van der Waals surface area contributed by atoms with Crippen molar-refractivity contribution in [3.8, 4) is 0 Å². The van der Waals surface area contributed by atoms with Crippen LogP contribution in [-0.2, 0) is 66.0 Å². The molecule has 0 heterocycles. The molecular weight excluding hydrogens is 1270 g/mol. The molecule has 0 fully saturated rings. The SMILES string of the molecule is C.CCC(C)c1ccc(CP(=O)(O)O)cc1.CCC(C)c1ccc(CP(=O)(O)O)cc1.CCC(CCCC(C)(P(=O)(O)O)P(=O)(O)O)c1ccccc1.CCC(CCCC(C)P(=O)(O)O)c1ccccc1.CS(=O)(=O)O.CS(=O)(=O)O.O=S(=O)=O. The molecule has 4 aromatic carbocycles. The van der Waals surface area contributed by atoms with E-state index < -0.39 is 79.4 Å². The predicted octanol–water partition coefficient (Wildman–Crippen LogP) is 11.7. The molecule has 85 heavy (non-hydrogen) atoms. The lowest BCUT2D eigenvalue weighted by Crippen LogP contribution is -2.25. The summed E-state index contributed by atoms with van der Waals surface area (Å²) in [6.45, 7) is 15.3. The maximum Gasteiger partial charge on any atom is 0.425 e. The van der Waals surface area contributed by atoms with Crippen LogP contribution in [0.2, 0.25) is 0 Å². The first-order valence-electron chi connectivity index (χ1n) is 26.2.